The second kappa shape index (κ2) is 4.42. The molecule has 5 nitrogen and oxygen atoms in total. The Morgan fingerprint density at radius 2 is 2.21 bits per heavy atom. The van der Waals surface area contributed by atoms with Crippen molar-refractivity contribution in [2.24, 2.45) is 5.92 Å². The average molecular weight is 255 g/mol. The third kappa shape index (κ3) is 1.76. The predicted molar refractivity (Wildman–Crippen MR) is 71.6 cm³/mol. The molecule has 0 aromatic carbocycles. The molecule has 0 amide bonds. The van der Waals surface area contributed by atoms with Gasteiger partial charge in [-0.25, -0.2) is 0 Å². The number of hydrogen-bond donors (Lipinski definition) is 1. The monoisotopic (exact) mass is 255 g/mol. The lowest BCUT2D eigenvalue weighted by atomic mass is 9.86. The molecule has 98 valence electrons. The summed E-state index contributed by atoms with van der Waals surface area (Å²) in [6.45, 7) is 2.20. The van der Waals surface area contributed by atoms with Gasteiger partial charge in [0.1, 0.15) is 11.5 Å². The van der Waals surface area contributed by atoms with Crippen molar-refractivity contribution in [1.82, 2.24) is 25.1 Å². The van der Waals surface area contributed by atoms with Crippen LogP contribution in [0.2, 0.25) is 0 Å². The minimum atomic E-state index is 0.539. The number of aromatic nitrogens is 4. The summed E-state index contributed by atoms with van der Waals surface area (Å²) in [6.07, 6.45) is 5.23. The van der Waals surface area contributed by atoms with E-state index in [9.17, 15) is 0 Å². The van der Waals surface area contributed by atoms with Gasteiger partial charge in [0.05, 0.1) is 0 Å². The van der Waals surface area contributed by atoms with Crippen LogP contribution >= 0.6 is 0 Å². The van der Waals surface area contributed by atoms with Crippen molar-refractivity contribution < 1.29 is 0 Å². The molecule has 1 fully saturated rings. The van der Waals surface area contributed by atoms with Gasteiger partial charge in [0, 0.05) is 18.7 Å². The van der Waals surface area contributed by atoms with Crippen LogP contribution in [0.5, 0.6) is 0 Å². The highest BCUT2D eigenvalue weighted by Gasteiger charge is 2.34. The molecule has 0 saturated carbocycles. The Labute approximate surface area is 112 Å². The number of rotatable bonds is 1. The van der Waals surface area contributed by atoms with Gasteiger partial charge in [0.2, 0.25) is 0 Å². The lowest BCUT2D eigenvalue weighted by Gasteiger charge is -2.37. The lowest BCUT2D eigenvalue weighted by Crippen LogP contribution is -2.41. The molecule has 5 heteroatoms. The van der Waals surface area contributed by atoms with Crippen molar-refractivity contribution in [3.63, 3.8) is 0 Å². The molecule has 2 aliphatic heterocycles. The van der Waals surface area contributed by atoms with Crippen LogP contribution in [-0.2, 0) is 6.42 Å². The van der Waals surface area contributed by atoms with Crippen molar-refractivity contribution in [3.8, 4) is 11.5 Å². The van der Waals surface area contributed by atoms with E-state index in [1.165, 1.54) is 6.42 Å². The van der Waals surface area contributed by atoms with Crippen molar-refractivity contribution in [1.29, 1.82) is 0 Å². The molecule has 4 rings (SSSR count). The standard InChI is InChI=1S/C14H17N5/c1-2-7-16-11(3-1)14-18-17-13-5-4-10-9-15-8-6-12(10)19(13)14/h1-3,7,10,12,15H,4-6,8-9H2/t10-,12+/m0/s1. The van der Waals surface area contributed by atoms with Gasteiger partial charge in [0.25, 0.3) is 0 Å². The number of piperidine rings is 1. The molecule has 2 aliphatic rings. The van der Waals surface area contributed by atoms with E-state index in [4.69, 9.17) is 0 Å². The van der Waals surface area contributed by atoms with Crippen molar-refractivity contribution in [2.45, 2.75) is 25.3 Å². The van der Waals surface area contributed by atoms with Gasteiger partial charge in [-0.15, -0.1) is 10.2 Å². The van der Waals surface area contributed by atoms with Crippen LogP contribution in [0.3, 0.4) is 0 Å². The molecular weight excluding hydrogens is 238 g/mol. The number of nitrogens with zero attached hydrogens (tertiary/aromatic N) is 4. The maximum Gasteiger partial charge on any atom is 0.182 e. The third-order valence-electron chi connectivity index (χ3n) is 4.30. The highest BCUT2D eigenvalue weighted by molar-refractivity contribution is 5.49. The molecule has 2 aromatic rings. The van der Waals surface area contributed by atoms with Crippen LogP contribution in [0.1, 0.15) is 24.7 Å². The summed E-state index contributed by atoms with van der Waals surface area (Å²) < 4.78 is 2.34. The maximum atomic E-state index is 4.43. The first-order valence-electron chi connectivity index (χ1n) is 6.99. The van der Waals surface area contributed by atoms with Crippen LogP contribution in [0.25, 0.3) is 11.5 Å². The summed E-state index contributed by atoms with van der Waals surface area (Å²) >= 11 is 0. The fourth-order valence-electron chi connectivity index (χ4n) is 3.37. The molecule has 2 aromatic heterocycles. The highest BCUT2D eigenvalue weighted by Crippen LogP contribution is 2.36. The number of fused-ring (bicyclic) bond motifs is 3. The van der Waals surface area contributed by atoms with Gasteiger partial charge < -0.3 is 9.88 Å². The number of hydrogen-bond acceptors (Lipinski definition) is 4. The van der Waals surface area contributed by atoms with Crippen molar-refractivity contribution in [3.05, 3.63) is 30.2 Å². The fourth-order valence-corrected chi connectivity index (χ4v) is 3.37. The molecule has 0 aliphatic carbocycles. The van der Waals surface area contributed by atoms with Gasteiger partial charge in [-0.1, -0.05) is 6.07 Å². The zero-order chi connectivity index (χ0) is 12.7. The molecule has 0 spiro atoms. The quantitative estimate of drug-likeness (QED) is 0.837. The summed E-state index contributed by atoms with van der Waals surface area (Å²) in [4.78, 5) is 4.43. The first kappa shape index (κ1) is 11.1. The van der Waals surface area contributed by atoms with Crippen LogP contribution in [0.4, 0.5) is 0 Å². The first-order valence-corrected chi connectivity index (χ1v) is 6.99. The SMILES string of the molecule is c1ccc(-c2nnc3n2[C@@H]2CCNC[C@@H]2CC3)nc1. The smallest absolute Gasteiger partial charge is 0.182 e. The molecule has 4 heterocycles. The lowest BCUT2D eigenvalue weighted by molar-refractivity contribution is 0.215. The zero-order valence-electron chi connectivity index (χ0n) is 10.8. The minimum absolute atomic E-state index is 0.539. The Morgan fingerprint density at radius 3 is 3.11 bits per heavy atom. The molecular formula is C14H17N5. The van der Waals surface area contributed by atoms with Gasteiger partial charge in [-0.3, -0.25) is 4.98 Å². The largest absolute Gasteiger partial charge is 0.316 e. The van der Waals surface area contributed by atoms with E-state index in [0.717, 1.165) is 43.3 Å². The summed E-state index contributed by atoms with van der Waals surface area (Å²) in [6, 6.07) is 6.50. The summed E-state index contributed by atoms with van der Waals surface area (Å²) in [7, 11) is 0. The third-order valence-corrected chi connectivity index (χ3v) is 4.30. The van der Waals surface area contributed by atoms with E-state index in [2.05, 4.69) is 25.1 Å². The Kier molecular flexibility index (Phi) is 2.58. The van der Waals surface area contributed by atoms with E-state index in [0.29, 0.717) is 12.0 Å². The van der Waals surface area contributed by atoms with E-state index >= 15 is 0 Å². The number of pyridine rings is 1. The van der Waals surface area contributed by atoms with Crippen LogP contribution in [0, 0.1) is 5.92 Å². The second-order valence-electron chi connectivity index (χ2n) is 5.38. The van der Waals surface area contributed by atoms with Gasteiger partial charge >= 0.3 is 0 Å². The number of nitrogens with one attached hydrogen (secondary N) is 1. The van der Waals surface area contributed by atoms with Gasteiger partial charge in [-0.05, 0) is 44.0 Å². The minimum Gasteiger partial charge on any atom is -0.316 e. The highest BCUT2D eigenvalue weighted by atomic mass is 15.3. The van der Waals surface area contributed by atoms with Crippen molar-refractivity contribution >= 4 is 0 Å². The maximum absolute atomic E-state index is 4.43. The molecule has 2 atom stereocenters. The normalized spacial score (nSPS) is 25.7. The number of aryl methyl sites for hydroxylation is 1. The van der Waals surface area contributed by atoms with Gasteiger partial charge in [0.15, 0.2) is 5.82 Å². The van der Waals surface area contributed by atoms with E-state index in [1.54, 1.807) is 0 Å². The van der Waals surface area contributed by atoms with Gasteiger partial charge in [-0.2, -0.15) is 0 Å². The Hall–Kier alpha value is -1.75. The predicted octanol–water partition coefficient (Wildman–Crippen LogP) is 1.44. The van der Waals surface area contributed by atoms with Crippen LogP contribution in [-0.4, -0.2) is 32.8 Å². The Morgan fingerprint density at radius 1 is 1.21 bits per heavy atom. The fraction of sp³-hybridized carbons (Fsp3) is 0.500. The molecule has 0 radical (unpaired) electrons. The summed E-state index contributed by atoms with van der Waals surface area (Å²) in [5.74, 6) is 2.77. The molecule has 1 saturated heterocycles. The summed E-state index contributed by atoms with van der Waals surface area (Å²) in [5.41, 5.74) is 0.931. The average Bonchev–Trinajstić information content (AvgIpc) is 2.92. The van der Waals surface area contributed by atoms with Crippen LogP contribution < -0.4 is 5.32 Å². The summed E-state index contributed by atoms with van der Waals surface area (Å²) in [5, 5.41) is 12.3. The van der Waals surface area contributed by atoms with E-state index in [-0.39, 0.29) is 0 Å². The first-order chi connectivity index (χ1) is 9.43. The topological polar surface area (TPSA) is 55.6 Å². The Balaban J connectivity index is 1.81. The molecule has 0 bridgehead atoms. The van der Waals surface area contributed by atoms with E-state index < -0.39 is 0 Å². The second-order valence-corrected chi connectivity index (χ2v) is 5.38. The Bertz CT molecular complexity index is 577. The van der Waals surface area contributed by atoms with Crippen LogP contribution in [0.15, 0.2) is 24.4 Å². The zero-order valence-corrected chi connectivity index (χ0v) is 10.8. The van der Waals surface area contributed by atoms with E-state index in [1.807, 2.05) is 24.4 Å². The molecule has 0 unspecified atom stereocenters. The molecule has 1 N–H and O–H groups in total. The van der Waals surface area contributed by atoms with Crippen molar-refractivity contribution in [2.75, 3.05) is 13.1 Å². The molecule has 19 heavy (non-hydrogen) atoms.